The third-order valence-electron chi connectivity index (χ3n) is 3.12. The molecule has 2 aromatic rings. The summed E-state index contributed by atoms with van der Waals surface area (Å²) in [6.45, 7) is 3.82. The highest BCUT2D eigenvalue weighted by molar-refractivity contribution is 5.84. The molecule has 18 heavy (non-hydrogen) atoms. The van der Waals surface area contributed by atoms with Crippen LogP contribution >= 0.6 is 0 Å². The van der Waals surface area contributed by atoms with E-state index >= 15 is 0 Å². The maximum atomic E-state index is 12.3. The van der Waals surface area contributed by atoms with Crippen molar-refractivity contribution in [2.75, 3.05) is 0 Å². The number of nitrogens with one attached hydrogen (secondary N) is 1. The van der Waals surface area contributed by atoms with Crippen molar-refractivity contribution < 1.29 is 4.79 Å². The summed E-state index contributed by atoms with van der Waals surface area (Å²) in [5, 5.41) is 0.655. The largest absolute Gasteiger partial charge is 0.358 e. The lowest BCUT2D eigenvalue weighted by Gasteiger charge is -2.07. The van der Waals surface area contributed by atoms with Crippen LogP contribution in [-0.4, -0.2) is 10.8 Å². The second-order valence-corrected chi connectivity index (χ2v) is 4.57. The molecule has 0 fully saturated rings. The second-order valence-electron chi connectivity index (χ2n) is 4.57. The van der Waals surface area contributed by atoms with Crippen molar-refractivity contribution in [2.45, 2.75) is 33.1 Å². The Hall–Kier alpha value is -1.90. The van der Waals surface area contributed by atoms with E-state index in [2.05, 4.69) is 4.98 Å². The third-order valence-corrected chi connectivity index (χ3v) is 3.12. The molecule has 0 aliphatic carbocycles. The van der Waals surface area contributed by atoms with Crippen LogP contribution in [0.4, 0.5) is 0 Å². The van der Waals surface area contributed by atoms with Crippen LogP contribution in [0.1, 0.15) is 31.0 Å². The summed E-state index contributed by atoms with van der Waals surface area (Å²) in [5.74, 6) is 0.126. The van der Waals surface area contributed by atoms with E-state index < -0.39 is 0 Å². The Morgan fingerprint density at radius 1 is 1.28 bits per heavy atom. The highest BCUT2D eigenvalue weighted by Gasteiger charge is 2.12. The molecule has 3 nitrogen and oxygen atoms in total. The molecule has 2 rings (SSSR count). The lowest BCUT2D eigenvalue weighted by Crippen LogP contribution is -2.17. The molecule has 1 aromatic carbocycles. The zero-order chi connectivity index (χ0) is 13.1. The minimum atomic E-state index is -0.0219. The number of benzene rings is 1. The van der Waals surface area contributed by atoms with E-state index in [1.807, 2.05) is 32.0 Å². The minimum absolute atomic E-state index is 0.0219. The fourth-order valence-electron chi connectivity index (χ4n) is 2.18. The number of ketones is 1. The molecule has 0 spiro atoms. The number of carbonyl (C=O) groups excluding carboxylic acids is 1. The van der Waals surface area contributed by atoms with Crippen molar-refractivity contribution in [3.8, 4) is 0 Å². The van der Waals surface area contributed by atoms with E-state index in [4.69, 9.17) is 0 Å². The molecule has 1 aromatic heterocycles. The smallest absolute Gasteiger partial charge is 0.193 e. The molecule has 0 amide bonds. The number of hydrogen-bond acceptors (Lipinski definition) is 2. The van der Waals surface area contributed by atoms with Gasteiger partial charge in [-0.05, 0) is 25.5 Å². The molecule has 1 N–H and O–H groups in total. The number of rotatable bonds is 4. The zero-order valence-electron chi connectivity index (χ0n) is 10.7. The Labute approximate surface area is 106 Å². The van der Waals surface area contributed by atoms with E-state index in [0.717, 1.165) is 17.6 Å². The summed E-state index contributed by atoms with van der Waals surface area (Å²) in [5.41, 5.74) is 2.20. The van der Waals surface area contributed by atoms with Crippen LogP contribution in [0.25, 0.3) is 10.9 Å². The van der Waals surface area contributed by atoms with Crippen LogP contribution in [0.5, 0.6) is 0 Å². The average Bonchev–Trinajstić information content (AvgIpc) is 2.35. The van der Waals surface area contributed by atoms with Crippen LogP contribution in [0.2, 0.25) is 0 Å². The van der Waals surface area contributed by atoms with Gasteiger partial charge in [0.2, 0.25) is 0 Å². The molecule has 94 valence electrons. The van der Waals surface area contributed by atoms with Gasteiger partial charge in [0.1, 0.15) is 5.78 Å². The molecule has 0 unspecified atom stereocenters. The molecule has 1 heterocycles. The Balaban J connectivity index is 2.51. The number of para-hydroxylation sites is 1. The summed E-state index contributed by atoms with van der Waals surface area (Å²) >= 11 is 0. The molecule has 0 saturated heterocycles. The number of aromatic nitrogens is 1. The second kappa shape index (κ2) is 5.17. The number of Topliss-reactive ketones (excluding diaryl/α,β-unsaturated/α-hetero) is 1. The molecule has 0 atom stereocenters. The summed E-state index contributed by atoms with van der Waals surface area (Å²) in [7, 11) is 0. The Morgan fingerprint density at radius 2 is 2.00 bits per heavy atom. The van der Waals surface area contributed by atoms with Crippen LogP contribution < -0.4 is 5.43 Å². The molecule has 0 radical (unpaired) electrons. The normalized spacial score (nSPS) is 10.8. The fourth-order valence-corrected chi connectivity index (χ4v) is 2.18. The minimum Gasteiger partial charge on any atom is -0.358 e. The van der Waals surface area contributed by atoms with Crippen LogP contribution in [0, 0.1) is 6.92 Å². The summed E-state index contributed by atoms with van der Waals surface area (Å²) in [4.78, 5) is 27.2. The topological polar surface area (TPSA) is 49.9 Å². The van der Waals surface area contributed by atoms with Gasteiger partial charge in [-0.2, -0.15) is 0 Å². The Kier molecular flexibility index (Phi) is 3.60. The molecule has 0 aliphatic rings. The van der Waals surface area contributed by atoms with Crippen molar-refractivity contribution in [3.63, 3.8) is 0 Å². The SMILES string of the molecule is CCCC(=O)Cc1c(C)[nH]c2ccccc2c1=O. The van der Waals surface area contributed by atoms with Crippen molar-refractivity contribution >= 4 is 16.7 Å². The van der Waals surface area contributed by atoms with Gasteiger partial charge in [-0.25, -0.2) is 0 Å². The van der Waals surface area contributed by atoms with Gasteiger partial charge < -0.3 is 4.98 Å². The van der Waals surface area contributed by atoms with Gasteiger partial charge in [0, 0.05) is 35.0 Å². The van der Waals surface area contributed by atoms with E-state index in [-0.39, 0.29) is 17.6 Å². The standard InChI is InChI=1S/C15H17NO2/c1-3-6-11(17)9-13-10(2)16-14-8-5-4-7-12(14)15(13)18/h4-5,7-8H,3,6,9H2,1-2H3,(H,16,18). The van der Waals surface area contributed by atoms with Gasteiger partial charge in [-0.3, -0.25) is 9.59 Å². The molecule has 0 aliphatic heterocycles. The number of hydrogen-bond donors (Lipinski definition) is 1. The van der Waals surface area contributed by atoms with Gasteiger partial charge in [-0.15, -0.1) is 0 Å². The van der Waals surface area contributed by atoms with E-state index in [9.17, 15) is 9.59 Å². The predicted octanol–water partition coefficient (Wildman–Crippen LogP) is 2.75. The number of carbonyl (C=O) groups is 1. The molecule has 0 bridgehead atoms. The first-order valence-corrected chi connectivity index (χ1v) is 6.25. The van der Waals surface area contributed by atoms with Crippen LogP contribution in [-0.2, 0) is 11.2 Å². The maximum absolute atomic E-state index is 12.3. The third kappa shape index (κ3) is 2.35. The number of aryl methyl sites for hydroxylation is 1. The number of pyridine rings is 1. The number of H-pyrrole nitrogens is 1. The number of fused-ring (bicyclic) bond motifs is 1. The first-order valence-electron chi connectivity index (χ1n) is 6.25. The van der Waals surface area contributed by atoms with Crippen molar-refractivity contribution in [1.29, 1.82) is 0 Å². The zero-order valence-corrected chi connectivity index (χ0v) is 10.7. The highest BCUT2D eigenvalue weighted by atomic mass is 16.1. The quantitative estimate of drug-likeness (QED) is 0.897. The average molecular weight is 243 g/mol. The fraction of sp³-hybridized carbons (Fsp3) is 0.333. The van der Waals surface area contributed by atoms with Gasteiger partial charge in [-0.1, -0.05) is 19.1 Å². The highest BCUT2D eigenvalue weighted by Crippen LogP contribution is 2.12. The Morgan fingerprint density at radius 3 is 2.72 bits per heavy atom. The Bertz CT molecular complexity index is 640. The first-order chi connectivity index (χ1) is 8.63. The van der Waals surface area contributed by atoms with Crippen molar-refractivity contribution in [1.82, 2.24) is 4.98 Å². The van der Waals surface area contributed by atoms with Crippen molar-refractivity contribution in [2.24, 2.45) is 0 Å². The lowest BCUT2D eigenvalue weighted by atomic mass is 10.0. The van der Waals surface area contributed by atoms with E-state index in [1.165, 1.54) is 0 Å². The summed E-state index contributed by atoms with van der Waals surface area (Å²) in [6, 6.07) is 7.40. The summed E-state index contributed by atoms with van der Waals surface area (Å²) < 4.78 is 0. The molecular formula is C15H17NO2. The van der Waals surface area contributed by atoms with E-state index in [1.54, 1.807) is 6.07 Å². The van der Waals surface area contributed by atoms with Crippen LogP contribution in [0.3, 0.4) is 0 Å². The van der Waals surface area contributed by atoms with Crippen molar-refractivity contribution in [3.05, 3.63) is 45.7 Å². The summed E-state index contributed by atoms with van der Waals surface area (Å²) in [6.07, 6.45) is 1.59. The van der Waals surface area contributed by atoms with Gasteiger partial charge in [0.15, 0.2) is 5.43 Å². The molecule has 0 saturated carbocycles. The van der Waals surface area contributed by atoms with E-state index in [0.29, 0.717) is 17.4 Å². The van der Waals surface area contributed by atoms with Gasteiger partial charge in [0.25, 0.3) is 0 Å². The molecule has 3 heteroatoms. The maximum Gasteiger partial charge on any atom is 0.193 e. The molecular weight excluding hydrogens is 226 g/mol. The lowest BCUT2D eigenvalue weighted by molar-refractivity contribution is -0.118. The first kappa shape index (κ1) is 12.6. The monoisotopic (exact) mass is 243 g/mol. The predicted molar refractivity (Wildman–Crippen MR) is 72.9 cm³/mol. The van der Waals surface area contributed by atoms with Gasteiger partial charge >= 0.3 is 0 Å². The van der Waals surface area contributed by atoms with Gasteiger partial charge in [0.05, 0.1) is 0 Å². The van der Waals surface area contributed by atoms with Crippen LogP contribution in [0.15, 0.2) is 29.1 Å². The number of aromatic amines is 1.